The molecule has 1 spiro atoms. The van der Waals surface area contributed by atoms with Crippen LogP contribution in [0.3, 0.4) is 0 Å². The lowest BCUT2D eigenvalue weighted by Gasteiger charge is -2.23. The second-order valence-corrected chi connectivity index (χ2v) is 7.83. The number of nitrogens with one attached hydrogen (secondary N) is 1. The Morgan fingerprint density at radius 1 is 1.35 bits per heavy atom. The van der Waals surface area contributed by atoms with E-state index in [0.717, 1.165) is 32.4 Å². The normalized spacial score (nSPS) is 27.0. The minimum atomic E-state index is -2.92. The van der Waals surface area contributed by atoms with Gasteiger partial charge < -0.3 is 5.32 Å². The number of piperidine rings is 1. The van der Waals surface area contributed by atoms with E-state index in [2.05, 4.69) is 5.32 Å². The summed E-state index contributed by atoms with van der Waals surface area (Å²) in [4.78, 5) is 11.9. The van der Waals surface area contributed by atoms with E-state index >= 15 is 0 Å². The van der Waals surface area contributed by atoms with E-state index < -0.39 is 9.84 Å². The van der Waals surface area contributed by atoms with Crippen molar-refractivity contribution in [2.24, 2.45) is 11.3 Å². The van der Waals surface area contributed by atoms with Crippen molar-refractivity contribution in [3.05, 3.63) is 0 Å². The molecule has 0 amide bonds. The maximum absolute atomic E-state index is 11.9. The van der Waals surface area contributed by atoms with E-state index in [-0.39, 0.29) is 22.9 Å². The molecule has 1 unspecified atom stereocenters. The van der Waals surface area contributed by atoms with Crippen molar-refractivity contribution in [2.45, 2.75) is 32.1 Å². The summed E-state index contributed by atoms with van der Waals surface area (Å²) in [5, 5.41) is 3.31. The first-order valence-electron chi connectivity index (χ1n) is 6.34. The van der Waals surface area contributed by atoms with Gasteiger partial charge in [0.1, 0.15) is 15.6 Å². The van der Waals surface area contributed by atoms with E-state index in [1.165, 1.54) is 6.26 Å². The van der Waals surface area contributed by atoms with Crippen molar-refractivity contribution in [2.75, 3.05) is 25.1 Å². The zero-order valence-corrected chi connectivity index (χ0v) is 11.2. The molecular weight excluding hydrogens is 238 g/mol. The van der Waals surface area contributed by atoms with Crippen LogP contribution in [0.25, 0.3) is 0 Å². The molecule has 0 aromatic heterocycles. The molecule has 0 bridgehead atoms. The first-order chi connectivity index (χ1) is 7.93. The molecule has 0 radical (unpaired) electrons. The summed E-state index contributed by atoms with van der Waals surface area (Å²) < 4.78 is 21.9. The molecule has 4 nitrogen and oxygen atoms in total. The summed E-state index contributed by atoms with van der Waals surface area (Å²) in [6.07, 6.45) is 5.40. The number of hydrogen-bond acceptors (Lipinski definition) is 4. The lowest BCUT2D eigenvalue weighted by molar-refractivity contribution is -0.121. The highest BCUT2D eigenvalue weighted by Gasteiger charge is 2.56. The summed E-state index contributed by atoms with van der Waals surface area (Å²) >= 11 is 0. The lowest BCUT2D eigenvalue weighted by atomic mass is 9.90. The number of rotatable bonds is 5. The van der Waals surface area contributed by atoms with Crippen molar-refractivity contribution in [3.8, 4) is 0 Å². The average Bonchev–Trinajstić information content (AvgIpc) is 2.91. The van der Waals surface area contributed by atoms with Crippen LogP contribution in [0.15, 0.2) is 0 Å². The first kappa shape index (κ1) is 13.0. The van der Waals surface area contributed by atoms with Gasteiger partial charge in [-0.1, -0.05) is 0 Å². The van der Waals surface area contributed by atoms with Gasteiger partial charge in [0.2, 0.25) is 0 Å². The SMILES string of the molecule is CS(=O)(=O)CCCC(=O)C1CC12CCNCC2. The Morgan fingerprint density at radius 3 is 2.59 bits per heavy atom. The predicted molar refractivity (Wildman–Crippen MR) is 66.6 cm³/mol. The number of carbonyl (C=O) groups excluding carboxylic acids is 1. The predicted octanol–water partition coefficient (Wildman–Crippen LogP) is 0.770. The monoisotopic (exact) mass is 259 g/mol. The fraction of sp³-hybridized carbons (Fsp3) is 0.917. The average molecular weight is 259 g/mol. The minimum Gasteiger partial charge on any atom is -0.317 e. The third-order valence-corrected chi connectivity index (χ3v) is 5.15. The minimum absolute atomic E-state index is 0.139. The molecule has 1 saturated heterocycles. The molecule has 1 saturated carbocycles. The molecule has 2 rings (SSSR count). The van der Waals surface area contributed by atoms with Crippen LogP contribution < -0.4 is 5.32 Å². The Balaban J connectivity index is 1.75. The fourth-order valence-corrected chi connectivity index (χ4v) is 3.63. The third-order valence-electron chi connectivity index (χ3n) is 4.12. The van der Waals surface area contributed by atoms with Crippen molar-refractivity contribution in [1.82, 2.24) is 5.32 Å². The van der Waals surface area contributed by atoms with Crippen molar-refractivity contribution in [3.63, 3.8) is 0 Å². The molecule has 17 heavy (non-hydrogen) atoms. The fourth-order valence-electron chi connectivity index (χ4n) is 2.96. The van der Waals surface area contributed by atoms with Crippen LogP contribution in [0.4, 0.5) is 0 Å². The summed E-state index contributed by atoms with van der Waals surface area (Å²) in [5.74, 6) is 0.653. The Hall–Kier alpha value is -0.420. The van der Waals surface area contributed by atoms with Gasteiger partial charge in [-0.25, -0.2) is 8.42 Å². The maximum atomic E-state index is 11.9. The molecule has 1 aliphatic carbocycles. The summed E-state index contributed by atoms with van der Waals surface area (Å²) in [7, 11) is -2.92. The van der Waals surface area contributed by atoms with Gasteiger partial charge in [0.15, 0.2) is 0 Å². The van der Waals surface area contributed by atoms with E-state index in [1.54, 1.807) is 0 Å². The Labute approximate surface area is 103 Å². The van der Waals surface area contributed by atoms with Gasteiger partial charge in [-0.3, -0.25) is 4.79 Å². The van der Waals surface area contributed by atoms with Gasteiger partial charge in [0.05, 0.1) is 5.75 Å². The van der Waals surface area contributed by atoms with Crippen molar-refractivity contribution < 1.29 is 13.2 Å². The molecular formula is C12H21NO3S. The molecule has 0 aromatic rings. The zero-order valence-electron chi connectivity index (χ0n) is 10.4. The lowest BCUT2D eigenvalue weighted by Crippen LogP contribution is -2.30. The quantitative estimate of drug-likeness (QED) is 0.792. The van der Waals surface area contributed by atoms with Crippen molar-refractivity contribution >= 4 is 15.6 Å². The zero-order chi connectivity index (χ0) is 12.5. The summed E-state index contributed by atoms with van der Waals surface area (Å²) in [5.41, 5.74) is 0.285. The molecule has 1 heterocycles. The summed E-state index contributed by atoms with van der Waals surface area (Å²) in [6.45, 7) is 2.04. The Morgan fingerprint density at radius 2 is 2.00 bits per heavy atom. The van der Waals surface area contributed by atoms with Gasteiger partial charge in [-0.2, -0.15) is 0 Å². The van der Waals surface area contributed by atoms with Crippen LogP contribution in [0.1, 0.15) is 32.1 Å². The van der Waals surface area contributed by atoms with Crippen LogP contribution >= 0.6 is 0 Å². The van der Waals surface area contributed by atoms with E-state index in [0.29, 0.717) is 12.8 Å². The van der Waals surface area contributed by atoms with Gasteiger partial charge in [-0.05, 0) is 44.2 Å². The highest BCUT2D eigenvalue weighted by Crippen LogP contribution is 2.59. The largest absolute Gasteiger partial charge is 0.317 e. The topological polar surface area (TPSA) is 63.2 Å². The third kappa shape index (κ3) is 3.28. The standard InChI is InChI=1S/C12H21NO3S/c1-17(15,16)8-2-3-11(14)10-9-12(10)4-6-13-7-5-12/h10,13H,2-9H2,1H3. The highest BCUT2D eigenvalue weighted by molar-refractivity contribution is 7.90. The number of hydrogen-bond donors (Lipinski definition) is 1. The van der Waals surface area contributed by atoms with Crippen LogP contribution in [0.2, 0.25) is 0 Å². The van der Waals surface area contributed by atoms with E-state index in [9.17, 15) is 13.2 Å². The molecule has 2 aliphatic rings. The Kier molecular flexibility index (Phi) is 3.59. The van der Waals surface area contributed by atoms with Gasteiger partial charge in [0.25, 0.3) is 0 Å². The molecule has 2 fully saturated rings. The van der Waals surface area contributed by atoms with Gasteiger partial charge >= 0.3 is 0 Å². The van der Waals surface area contributed by atoms with Crippen LogP contribution in [0.5, 0.6) is 0 Å². The van der Waals surface area contributed by atoms with Gasteiger partial charge in [0, 0.05) is 18.6 Å². The molecule has 0 aromatic carbocycles. The number of ketones is 1. The van der Waals surface area contributed by atoms with Crippen LogP contribution in [-0.2, 0) is 14.6 Å². The Bertz CT molecular complexity index is 396. The van der Waals surface area contributed by atoms with Crippen LogP contribution in [-0.4, -0.2) is 39.3 Å². The highest BCUT2D eigenvalue weighted by atomic mass is 32.2. The first-order valence-corrected chi connectivity index (χ1v) is 8.40. The van der Waals surface area contributed by atoms with Gasteiger partial charge in [-0.15, -0.1) is 0 Å². The second kappa shape index (κ2) is 4.69. The van der Waals surface area contributed by atoms with E-state index in [4.69, 9.17) is 0 Å². The smallest absolute Gasteiger partial charge is 0.147 e. The number of sulfone groups is 1. The van der Waals surface area contributed by atoms with Crippen molar-refractivity contribution in [1.29, 1.82) is 0 Å². The molecule has 5 heteroatoms. The number of carbonyl (C=O) groups is 1. The maximum Gasteiger partial charge on any atom is 0.147 e. The molecule has 1 aliphatic heterocycles. The molecule has 1 atom stereocenters. The van der Waals surface area contributed by atoms with Crippen LogP contribution in [0, 0.1) is 11.3 Å². The second-order valence-electron chi connectivity index (χ2n) is 5.57. The number of Topliss-reactive ketones (excluding diaryl/α,β-unsaturated/α-hetero) is 1. The molecule has 98 valence electrons. The summed E-state index contributed by atoms with van der Waals surface area (Å²) in [6, 6.07) is 0. The van der Waals surface area contributed by atoms with E-state index in [1.807, 2.05) is 0 Å². The molecule has 1 N–H and O–H groups in total.